The molecule has 0 saturated carbocycles. The third kappa shape index (κ3) is 3.97. The molecule has 0 aliphatic heterocycles. The number of hydrogen-bond acceptors (Lipinski definition) is 4. The Bertz CT molecular complexity index is 690. The molecule has 2 aromatic carbocycles. The summed E-state index contributed by atoms with van der Waals surface area (Å²) in [6, 6.07) is 15.8. The Labute approximate surface area is 136 Å². The smallest absolute Gasteiger partial charge is 0.349 e. The maximum absolute atomic E-state index is 12.7. The van der Waals surface area contributed by atoms with E-state index in [1.54, 1.807) is 69.3 Å². The highest BCUT2D eigenvalue weighted by atomic mass is 16.6. The molecular formula is C19H20O4. The third-order valence-electron chi connectivity index (χ3n) is 3.30. The predicted octanol–water partition coefficient (Wildman–Crippen LogP) is 3.64. The van der Waals surface area contributed by atoms with Gasteiger partial charge in [-0.1, -0.05) is 42.5 Å². The van der Waals surface area contributed by atoms with Crippen LogP contribution >= 0.6 is 0 Å². The van der Waals surface area contributed by atoms with Crippen LogP contribution in [0.1, 0.15) is 36.7 Å². The average Bonchev–Trinajstić information content (AvgIpc) is 2.55. The number of carbonyl (C=O) groups is 2. The van der Waals surface area contributed by atoms with Gasteiger partial charge < -0.3 is 9.47 Å². The average molecular weight is 312 g/mol. The van der Waals surface area contributed by atoms with E-state index in [9.17, 15) is 9.59 Å². The monoisotopic (exact) mass is 312 g/mol. The number of ether oxygens (including phenoxy) is 2. The van der Waals surface area contributed by atoms with Gasteiger partial charge in [-0.15, -0.1) is 0 Å². The zero-order chi connectivity index (χ0) is 16.9. The van der Waals surface area contributed by atoms with Crippen LogP contribution in [0.3, 0.4) is 0 Å². The molecule has 2 rings (SSSR count). The molecule has 0 atom stereocenters. The molecule has 0 fully saturated rings. The predicted molar refractivity (Wildman–Crippen MR) is 87.7 cm³/mol. The molecule has 0 spiro atoms. The number of carbonyl (C=O) groups excluding carboxylic acids is 2. The van der Waals surface area contributed by atoms with Crippen LogP contribution in [0.2, 0.25) is 0 Å². The molecule has 120 valence electrons. The fourth-order valence-corrected chi connectivity index (χ4v) is 2.11. The lowest BCUT2D eigenvalue weighted by atomic mass is 10.0. The summed E-state index contributed by atoms with van der Waals surface area (Å²) in [7, 11) is 0. The summed E-state index contributed by atoms with van der Waals surface area (Å²) in [6.07, 6.45) is 0. The van der Waals surface area contributed by atoms with Crippen molar-refractivity contribution < 1.29 is 19.1 Å². The zero-order valence-electron chi connectivity index (χ0n) is 13.5. The first-order chi connectivity index (χ1) is 11.0. The Kier molecular flexibility index (Phi) is 5.16. The van der Waals surface area contributed by atoms with Gasteiger partial charge in [-0.25, -0.2) is 4.79 Å². The van der Waals surface area contributed by atoms with E-state index in [2.05, 4.69) is 0 Å². The Hall–Kier alpha value is -2.62. The highest BCUT2D eigenvalue weighted by Gasteiger charge is 2.32. The summed E-state index contributed by atoms with van der Waals surface area (Å²) in [4.78, 5) is 24.6. The highest BCUT2D eigenvalue weighted by molar-refractivity contribution is 6.10. The van der Waals surface area contributed by atoms with E-state index in [4.69, 9.17) is 9.47 Å². The largest absolute Gasteiger partial charge is 0.475 e. The van der Waals surface area contributed by atoms with Crippen LogP contribution < -0.4 is 4.74 Å². The first kappa shape index (κ1) is 16.7. The van der Waals surface area contributed by atoms with Crippen molar-refractivity contribution in [2.75, 3.05) is 6.61 Å². The topological polar surface area (TPSA) is 52.6 Å². The van der Waals surface area contributed by atoms with Crippen molar-refractivity contribution in [2.24, 2.45) is 0 Å². The van der Waals surface area contributed by atoms with Crippen LogP contribution in [-0.4, -0.2) is 24.0 Å². The van der Waals surface area contributed by atoms with Crippen LogP contribution in [-0.2, 0) is 9.53 Å². The molecule has 4 nitrogen and oxygen atoms in total. The molecule has 0 N–H and O–H groups in total. The summed E-state index contributed by atoms with van der Waals surface area (Å²) in [5.41, 5.74) is -0.197. The minimum atomic E-state index is -1.18. The summed E-state index contributed by atoms with van der Waals surface area (Å²) < 4.78 is 10.8. The second-order valence-corrected chi connectivity index (χ2v) is 5.52. The van der Waals surface area contributed by atoms with Gasteiger partial charge in [0.2, 0.25) is 0 Å². The Morgan fingerprint density at radius 2 is 1.57 bits per heavy atom. The van der Waals surface area contributed by atoms with Crippen molar-refractivity contribution in [2.45, 2.75) is 26.4 Å². The number of para-hydroxylation sites is 1. The highest BCUT2D eigenvalue weighted by Crippen LogP contribution is 2.26. The van der Waals surface area contributed by atoms with E-state index in [1.165, 1.54) is 0 Å². The Morgan fingerprint density at radius 3 is 2.22 bits per heavy atom. The normalized spacial score (nSPS) is 10.9. The van der Waals surface area contributed by atoms with Crippen molar-refractivity contribution in [3.05, 3.63) is 65.7 Å². The molecule has 0 heterocycles. The van der Waals surface area contributed by atoms with Crippen LogP contribution in [0.5, 0.6) is 5.75 Å². The summed E-state index contributed by atoms with van der Waals surface area (Å²) in [6.45, 7) is 5.25. The van der Waals surface area contributed by atoms with Crippen molar-refractivity contribution in [1.29, 1.82) is 0 Å². The lowest BCUT2D eigenvalue weighted by molar-refractivity contribution is -0.158. The fourth-order valence-electron chi connectivity index (χ4n) is 2.11. The van der Waals surface area contributed by atoms with E-state index >= 15 is 0 Å². The van der Waals surface area contributed by atoms with Gasteiger partial charge in [-0.05, 0) is 32.9 Å². The molecule has 0 bridgehead atoms. The van der Waals surface area contributed by atoms with Gasteiger partial charge in [-0.3, -0.25) is 4.79 Å². The lowest BCUT2D eigenvalue weighted by Gasteiger charge is -2.25. The summed E-state index contributed by atoms with van der Waals surface area (Å²) in [5, 5.41) is 0. The number of esters is 1. The van der Waals surface area contributed by atoms with E-state index in [1.807, 2.05) is 6.07 Å². The fraction of sp³-hybridized carbons (Fsp3) is 0.263. The zero-order valence-corrected chi connectivity index (χ0v) is 13.5. The van der Waals surface area contributed by atoms with Gasteiger partial charge in [0, 0.05) is 5.56 Å². The minimum Gasteiger partial charge on any atom is -0.475 e. The van der Waals surface area contributed by atoms with Gasteiger partial charge in [0.1, 0.15) is 5.75 Å². The van der Waals surface area contributed by atoms with Crippen molar-refractivity contribution in [1.82, 2.24) is 0 Å². The van der Waals surface area contributed by atoms with Gasteiger partial charge in [-0.2, -0.15) is 0 Å². The van der Waals surface area contributed by atoms with Crippen LogP contribution in [0, 0.1) is 0 Å². The first-order valence-electron chi connectivity index (χ1n) is 7.50. The first-order valence-corrected chi connectivity index (χ1v) is 7.50. The number of benzene rings is 2. The maximum atomic E-state index is 12.7. The van der Waals surface area contributed by atoms with E-state index in [0.717, 1.165) is 0 Å². The minimum absolute atomic E-state index is 0.152. The molecule has 4 heteroatoms. The molecule has 0 aliphatic rings. The summed E-state index contributed by atoms with van der Waals surface area (Å²) in [5.74, 6) is -0.262. The summed E-state index contributed by atoms with van der Waals surface area (Å²) >= 11 is 0. The number of hydrogen-bond donors (Lipinski definition) is 0. The van der Waals surface area contributed by atoms with Crippen molar-refractivity contribution in [3.63, 3.8) is 0 Å². The molecule has 0 saturated heterocycles. The molecule has 23 heavy (non-hydrogen) atoms. The molecule has 2 aromatic rings. The van der Waals surface area contributed by atoms with E-state index in [0.29, 0.717) is 16.9 Å². The standard InChI is InChI=1S/C19H20O4/c1-4-22-18(21)19(2,3)23-16-13-9-8-12-15(16)17(20)14-10-6-5-7-11-14/h5-13H,4H2,1-3H3. The molecule has 0 aromatic heterocycles. The molecular weight excluding hydrogens is 292 g/mol. The molecule has 0 radical (unpaired) electrons. The van der Waals surface area contributed by atoms with Crippen LogP contribution in [0.25, 0.3) is 0 Å². The van der Waals surface area contributed by atoms with Gasteiger partial charge >= 0.3 is 5.97 Å². The Morgan fingerprint density at radius 1 is 0.957 bits per heavy atom. The van der Waals surface area contributed by atoms with Crippen molar-refractivity contribution >= 4 is 11.8 Å². The van der Waals surface area contributed by atoms with Gasteiger partial charge in [0.25, 0.3) is 0 Å². The SMILES string of the molecule is CCOC(=O)C(C)(C)Oc1ccccc1C(=O)c1ccccc1. The second kappa shape index (κ2) is 7.09. The van der Waals surface area contributed by atoms with Gasteiger partial charge in [0.05, 0.1) is 12.2 Å². The third-order valence-corrected chi connectivity index (χ3v) is 3.30. The van der Waals surface area contributed by atoms with Crippen molar-refractivity contribution in [3.8, 4) is 5.75 Å². The molecule has 0 aliphatic carbocycles. The van der Waals surface area contributed by atoms with E-state index in [-0.39, 0.29) is 12.4 Å². The molecule has 0 amide bonds. The molecule has 0 unspecified atom stereocenters. The second-order valence-electron chi connectivity index (χ2n) is 5.52. The quantitative estimate of drug-likeness (QED) is 0.603. The lowest BCUT2D eigenvalue weighted by Crippen LogP contribution is -2.40. The van der Waals surface area contributed by atoms with Gasteiger partial charge in [0.15, 0.2) is 11.4 Å². The number of ketones is 1. The van der Waals surface area contributed by atoms with Crippen LogP contribution in [0.4, 0.5) is 0 Å². The number of rotatable bonds is 6. The van der Waals surface area contributed by atoms with Crippen LogP contribution in [0.15, 0.2) is 54.6 Å². The maximum Gasteiger partial charge on any atom is 0.349 e. The van der Waals surface area contributed by atoms with E-state index < -0.39 is 11.6 Å². The Balaban J connectivity index is 2.31.